The van der Waals surface area contributed by atoms with Gasteiger partial charge in [-0.05, 0) is 12.0 Å². The van der Waals surface area contributed by atoms with Gasteiger partial charge in [-0.3, -0.25) is 4.79 Å². The van der Waals surface area contributed by atoms with E-state index < -0.39 is 17.7 Å². The zero-order chi connectivity index (χ0) is 12.9. The summed E-state index contributed by atoms with van der Waals surface area (Å²) in [6, 6.07) is 8.38. The van der Waals surface area contributed by atoms with E-state index in [0.29, 0.717) is 12.0 Å². The zero-order valence-electron chi connectivity index (χ0n) is 9.84. The van der Waals surface area contributed by atoms with Crippen molar-refractivity contribution in [3.05, 3.63) is 35.9 Å². The van der Waals surface area contributed by atoms with E-state index in [2.05, 4.69) is 0 Å². The first-order valence-corrected chi connectivity index (χ1v) is 5.70. The molecule has 0 amide bonds. The highest BCUT2D eigenvalue weighted by Gasteiger charge is 2.45. The quantitative estimate of drug-likeness (QED) is 0.656. The van der Waals surface area contributed by atoms with Gasteiger partial charge in [0, 0.05) is 0 Å². The average Bonchev–Trinajstić information content (AvgIpc) is 2.30. The first-order chi connectivity index (χ1) is 8.05. The molecule has 0 aromatic heterocycles. The van der Waals surface area contributed by atoms with Crippen LogP contribution in [0.1, 0.15) is 31.7 Å². The number of carboxylic acids is 1. The second kappa shape index (κ2) is 5.80. The summed E-state index contributed by atoms with van der Waals surface area (Å²) >= 11 is 0. The van der Waals surface area contributed by atoms with E-state index in [4.69, 9.17) is 0 Å². The molecule has 94 valence electrons. The lowest BCUT2D eigenvalue weighted by molar-refractivity contribution is -0.166. The number of carboxylic acid groups (broad SMARTS) is 1. The van der Waals surface area contributed by atoms with Gasteiger partial charge < -0.3 is 15.3 Å². The second-order valence-corrected chi connectivity index (χ2v) is 4.12. The molecule has 0 saturated heterocycles. The Labute approximate surface area is 101 Å². The molecule has 0 aliphatic carbocycles. The lowest BCUT2D eigenvalue weighted by Crippen LogP contribution is -2.46. The van der Waals surface area contributed by atoms with Crippen molar-refractivity contribution in [2.45, 2.75) is 37.9 Å². The van der Waals surface area contributed by atoms with Gasteiger partial charge >= 0.3 is 5.97 Å². The van der Waals surface area contributed by atoms with Crippen molar-refractivity contribution in [2.75, 3.05) is 0 Å². The van der Waals surface area contributed by atoms with E-state index in [0.717, 1.165) is 6.42 Å². The van der Waals surface area contributed by atoms with Crippen molar-refractivity contribution in [1.82, 2.24) is 0 Å². The van der Waals surface area contributed by atoms with E-state index in [1.807, 2.05) is 6.92 Å². The first-order valence-electron chi connectivity index (χ1n) is 5.70. The molecule has 1 aromatic rings. The molecule has 0 aliphatic rings. The van der Waals surface area contributed by atoms with Crippen LogP contribution in [-0.2, 0) is 10.2 Å². The van der Waals surface area contributed by atoms with Crippen molar-refractivity contribution in [2.24, 2.45) is 0 Å². The van der Waals surface area contributed by atoms with E-state index in [9.17, 15) is 20.1 Å². The summed E-state index contributed by atoms with van der Waals surface area (Å²) in [4.78, 5) is 11.4. The molecule has 3 N–H and O–H groups in total. The average molecular weight is 238 g/mol. The lowest BCUT2D eigenvalue weighted by atomic mass is 9.75. The Balaban J connectivity index is 3.20. The molecule has 1 unspecified atom stereocenters. The van der Waals surface area contributed by atoms with Crippen LogP contribution in [-0.4, -0.2) is 27.6 Å². The summed E-state index contributed by atoms with van der Waals surface area (Å²) in [6.45, 7) is 1.93. The SMILES string of the molecule is CCCCC(C(=O)O)(c1ccccc1)C(O)O. The van der Waals surface area contributed by atoms with Gasteiger partial charge in [0.25, 0.3) is 0 Å². The fourth-order valence-corrected chi connectivity index (χ4v) is 1.95. The molecule has 4 nitrogen and oxygen atoms in total. The number of hydrogen-bond donors (Lipinski definition) is 3. The number of aliphatic carboxylic acids is 1. The molecular weight excluding hydrogens is 220 g/mol. The Bertz CT molecular complexity index is 361. The van der Waals surface area contributed by atoms with Crippen LogP contribution in [0.3, 0.4) is 0 Å². The van der Waals surface area contributed by atoms with Gasteiger partial charge in [0.2, 0.25) is 0 Å². The largest absolute Gasteiger partial charge is 0.480 e. The minimum Gasteiger partial charge on any atom is -0.480 e. The first kappa shape index (κ1) is 13.7. The number of aliphatic hydroxyl groups excluding tert-OH is 1. The molecule has 0 fully saturated rings. The zero-order valence-corrected chi connectivity index (χ0v) is 9.84. The van der Waals surface area contributed by atoms with Crippen LogP contribution >= 0.6 is 0 Å². The van der Waals surface area contributed by atoms with Crippen molar-refractivity contribution in [3.8, 4) is 0 Å². The summed E-state index contributed by atoms with van der Waals surface area (Å²) in [5, 5.41) is 28.3. The number of carbonyl (C=O) groups is 1. The maximum atomic E-state index is 11.4. The monoisotopic (exact) mass is 238 g/mol. The molecule has 4 heteroatoms. The predicted octanol–water partition coefficient (Wildman–Crippen LogP) is 1.51. The third kappa shape index (κ3) is 2.65. The van der Waals surface area contributed by atoms with Gasteiger partial charge in [-0.15, -0.1) is 0 Å². The van der Waals surface area contributed by atoms with Crippen LogP contribution in [0.5, 0.6) is 0 Å². The second-order valence-electron chi connectivity index (χ2n) is 4.12. The maximum absolute atomic E-state index is 11.4. The predicted molar refractivity (Wildman–Crippen MR) is 63.5 cm³/mol. The van der Waals surface area contributed by atoms with E-state index in [1.54, 1.807) is 30.3 Å². The van der Waals surface area contributed by atoms with Gasteiger partial charge in [0.1, 0.15) is 5.41 Å². The normalized spacial score (nSPS) is 14.6. The minimum absolute atomic E-state index is 0.209. The Morgan fingerprint density at radius 2 is 1.88 bits per heavy atom. The standard InChI is InChI=1S/C13H18O4/c1-2-3-9-13(11(14)15,12(16)17)10-7-5-4-6-8-10/h4-8,11,14-15H,2-3,9H2,1H3,(H,16,17). The topological polar surface area (TPSA) is 77.8 Å². The summed E-state index contributed by atoms with van der Waals surface area (Å²) in [7, 11) is 0. The van der Waals surface area contributed by atoms with Gasteiger partial charge in [0.05, 0.1) is 0 Å². The smallest absolute Gasteiger partial charge is 0.319 e. The highest BCUT2D eigenvalue weighted by atomic mass is 16.5. The summed E-state index contributed by atoms with van der Waals surface area (Å²) in [5.74, 6) is -1.20. The maximum Gasteiger partial charge on any atom is 0.319 e. The number of unbranched alkanes of at least 4 members (excludes halogenated alkanes) is 1. The molecule has 0 saturated carbocycles. The van der Waals surface area contributed by atoms with Crippen molar-refractivity contribution >= 4 is 5.97 Å². The Hall–Kier alpha value is -1.39. The van der Waals surface area contributed by atoms with E-state index in [-0.39, 0.29) is 6.42 Å². The summed E-state index contributed by atoms with van der Waals surface area (Å²) in [6.07, 6.45) is -0.276. The highest BCUT2D eigenvalue weighted by molar-refractivity contribution is 5.82. The van der Waals surface area contributed by atoms with Crippen molar-refractivity contribution in [1.29, 1.82) is 0 Å². The summed E-state index contributed by atoms with van der Waals surface area (Å²) in [5.41, 5.74) is -1.20. The number of aliphatic hydroxyl groups is 2. The molecule has 0 heterocycles. The van der Waals surface area contributed by atoms with Gasteiger partial charge in [0.15, 0.2) is 6.29 Å². The van der Waals surface area contributed by atoms with Crippen LogP contribution in [0.15, 0.2) is 30.3 Å². The van der Waals surface area contributed by atoms with Crippen LogP contribution in [0.25, 0.3) is 0 Å². The van der Waals surface area contributed by atoms with Crippen LogP contribution in [0, 0.1) is 0 Å². The Kier molecular flexibility index (Phi) is 4.66. The molecule has 17 heavy (non-hydrogen) atoms. The van der Waals surface area contributed by atoms with Crippen molar-refractivity contribution < 1.29 is 20.1 Å². The highest BCUT2D eigenvalue weighted by Crippen LogP contribution is 2.33. The molecule has 0 aliphatic heterocycles. The molecule has 0 bridgehead atoms. The Morgan fingerprint density at radius 1 is 1.29 bits per heavy atom. The number of hydrogen-bond acceptors (Lipinski definition) is 3. The third-order valence-corrected chi connectivity index (χ3v) is 3.04. The minimum atomic E-state index is -1.91. The number of benzene rings is 1. The third-order valence-electron chi connectivity index (χ3n) is 3.04. The molecule has 1 rings (SSSR count). The van der Waals surface area contributed by atoms with E-state index in [1.165, 1.54) is 0 Å². The van der Waals surface area contributed by atoms with Crippen LogP contribution in [0.4, 0.5) is 0 Å². The van der Waals surface area contributed by atoms with Gasteiger partial charge in [-0.25, -0.2) is 0 Å². The van der Waals surface area contributed by atoms with Crippen LogP contribution in [0.2, 0.25) is 0 Å². The Morgan fingerprint density at radius 3 is 2.29 bits per heavy atom. The van der Waals surface area contributed by atoms with Gasteiger partial charge in [-0.2, -0.15) is 0 Å². The lowest BCUT2D eigenvalue weighted by Gasteiger charge is -2.31. The summed E-state index contributed by atoms with van der Waals surface area (Å²) < 4.78 is 0. The molecule has 0 radical (unpaired) electrons. The molecule has 1 atom stereocenters. The molecular formula is C13H18O4. The van der Waals surface area contributed by atoms with E-state index >= 15 is 0 Å². The van der Waals surface area contributed by atoms with Crippen molar-refractivity contribution in [3.63, 3.8) is 0 Å². The molecule has 0 spiro atoms. The van der Waals surface area contributed by atoms with Crippen LogP contribution < -0.4 is 0 Å². The fourth-order valence-electron chi connectivity index (χ4n) is 1.95. The molecule has 1 aromatic carbocycles. The van der Waals surface area contributed by atoms with Gasteiger partial charge in [-0.1, -0.05) is 50.1 Å². The fraction of sp³-hybridized carbons (Fsp3) is 0.462. The number of rotatable bonds is 6.